The van der Waals surface area contributed by atoms with Crippen molar-refractivity contribution in [1.82, 2.24) is 25.4 Å². The van der Waals surface area contributed by atoms with E-state index in [4.69, 9.17) is 11.5 Å². The summed E-state index contributed by atoms with van der Waals surface area (Å²) in [4.78, 5) is 64.2. The topological polar surface area (TPSA) is 202 Å². The summed E-state index contributed by atoms with van der Waals surface area (Å²) < 4.78 is 31.3. The molecule has 8 N–H and O–H groups in total. The van der Waals surface area contributed by atoms with Crippen molar-refractivity contribution in [3.63, 3.8) is 0 Å². The van der Waals surface area contributed by atoms with Gasteiger partial charge in [0.15, 0.2) is 0 Å². The largest absolute Gasteiger partial charge is 0.387 e. The van der Waals surface area contributed by atoms with Crippen LogP contribution in [0.5, 0.6) is 0 Å². The zero-order valence-electron chi connectivity index (χ0n) is 30.0. The highest BCUT2D eigenvalue weighted by Gasteiger charge is 2.38. The van der Waals surface area contributed by atoms with Crippen LogP contribution in [0.2, 0.25) is 0 Å². The first-order valence-electron chi connectivity index (χ1n) is 17.1. The van der Waals surface area contributed by atoms with Crippen LogP contribution in [0.3, 0.4) is 0 Å². The lowest BCUT2D eigenvalue weighted by molar-refractivity contribution is -0.140. The summed E-state index contributed by atoms with van der Waals surface area (Å²) in [5.74, 6) is -4.51. The SMILES string of the molecule is CC(C)(C)[C@H](c1cc(-c2cc(F)ccc2F)cn1Cc1ccccc1)N(CC[C@H](N[C@@H](CC(N)=O)C(N)=O)C(=O)NCCCNC(=O)CBr)C(=O)CO. The Bertz CT molecular complexity index is 1730. The minimum absolute atomic E-state index is 0.0189. The van der Waals surface area contributed by atoms with E-state index in [0.29, 0.717) is 24.2 Å². The highest BCUT2D eigenvalue weighted by molar-refractivity contribution is 9.09. The molecule has 0 aliphatic carbocycles. The third-order valence-electron chi connectivity index (χ3n) is 8.46. The Kier molecular flexibility index (Phi) is 16.1. The molecule has 0 radical (unpaired) electrons. The molecule has 0 saturated heterocycles. The molecule has 0 spiro atoms. The number of alkyl halides is 1. The van der Waals surface area contributed by atoms with Crippen molar-refractivity contribution in [1.29, 1.82) is 0 Å². The molecule has 5 amide bonds. The number of carbonyl (C=O) groups is 5. The fourth-order valence-corrected chi connectivity index (χ4v) is 6.24. The van der Waals surface area contributed by atoms with Crippen molar-refractivity contribution in [2.75, 3.05) is 31.6 Å². The summed E-state index contributed by atoms with van der Waals surface area (Å²) in [5, 5.41) is 18.6. The zero-order chi connectivity index (χ0) is 39.3. The number of benzene rings is 2. The second kappa shape index (κ2) is 20.0. The summed E-state index contributed by atoms with van der Waals surface area (Å²) in [5.41, 5.74) is 12.0. The van der Waals surface area contributed by atoms with Gasteiger partial charge < -0.3 is 36.7 Å². The third kappa shape index (κ3) is 12.8. The molecule has 16 heteroatoms. The molecule has 0 fully saturated rings. The number of nitrogens with one attached hydrogen (secondary N) is 3. The van der Waals surface area contributed by atoms with Crippen molar-refractivity contribution in [3.05, 3.63) is 83.7 Å². The minimum Gasteiger partial charge on any atom is -0.387 e. The van der Waals surface area contributed by atoms with Gasteiger partial charge in [0.25, 0.3) is 0 Å². The monoisotopic (exact) mass is 803 g/mol. The molecule has 3 atom stereocenters. The van der Waals surface area contributed by atoms with Crippen molar-refractivity contribution in [3.8, 4) is 11.1 Å². The molecule has 3 aromatic rings. The van der Waals surface area contributed by atoms with E-state index in [-0.39, 0.29) is 42.9 Å². The Labute approximate surface area is 316 Å². The number of aromatic nitrogens is 1. The van der Waals surface area contributed by atoms with E-state index in [1.807, 2.05) is 55.7 Å². The van der Waals surface area contributed by atoms with Gasteiger partial charge in [0.1, 0.15) is 18.2 Å². The second-order valence-corrected chi connectivity index (χ2v) is 14.2. The van der Waals surface area contributed by atoms with Crippen molar-refractivity contribution in [2.24, 2.45) is 16.9 Å². The van der Waals surface area contributed by atoms with Crippen LogP contribution in [0.15, 0.2) is 60.8 Å². The maximum Gasteiger partial charge on any atom is 0.248 e. The lowest BCUT2D eigenvalue weighted by atomic mass is 9.82. The van der Waals surface area contributed by atoms with Gasteiger partial charge in [-0.25, -0.2) is 8.78 Å². The molecule has 13 nitrogen and oxygen atoms in total. The van der Waals surface area contributed by atoms with E-state index in [0.717, 1.165) is 23.8 Å². The maximum absolute atomic E-state index is 15.1. The van der Waals surface area contributed by atoms with Gasteiger partial charge >= 0.3 is 0 Å². The van der Waals surface area contributed by atoms with Crippen LogP contribution in [0.4, 0.5) is 8.78 Å². The number of hydrogen-bond donors (Lipinski definition) is 6. The minimum atomic E-state index is -1.31. The molecule has 0 aliphatic heterocycles. The van der Waals surface area contributed by atoms with Crippen molar-refractivity contribution in [2.45, 2.75) is 64.7 Å². The normalized spacial score (nSPS) is 13.1. The Morgan fingerprint density at radius 3 is 2.25 bits per heavy atom. The van der Waals surface area contributed by atoms with Crippen LogP contribution in [0.25, 0.3) is 11.1 Å². The van der Waals surface area contributed by atoms with E-state index < -0.39 is 71.8 Å². The average Bonchev–Trinajstić information content (AvgIpc) is 3.50. The number of nitrogens with two attached hydrogens (primary N) is 2. The van der Waals surface area contributed by atoms with Crippen LogP contribution in [0.1, 0.15) is 57.3 Å². The number of aliphatic hydroxyl groups is 1. The molecule has 0 unspecified atom stereocenters. The van der Waals surface area contributed by atoms with Gasteiger partial charge in [-0.05, 0) is 48.1 Å². The van der Waals surface area contributed by atoms with Crippen LogP contribution in [-0.2, 0) is 30.5 Å². The van der Waals surface area contributed by atoms with Crippen molar-refractivity contribution < 1.29 is 37.9 Å². The summed E-state index contributed by atoms with van der Waals surface area (Å²) in [6.07, 6.45) is 1.46. The Balaban J connectivity index is 2.06. The highest BCUT2D eigenvalue weighted by atomic mass is 79.9. The Morgan fingerprint density at radius 1 is 0.962 bits per heavy atom. The van der Waals surface area contributed by atoms with Gasteiger partial charge in [-0.3, -0.25) is 29.3 Å². The molecule has 2 aromatic carbocycles. The average molecular weight is 805 g/mol. The quantitative estimate of drug-likeness (QED) is 0.0744. The van der Waals surface area contributed by atoms with E-state index in [2.05, 4.69) is 31.9 Å². The molecule has 53 heavy (non-hydrogen) atoms. The van der Waals surface area contributed by atoms with E-state index in [1.165, 1.54) is 4.90 Å². The fourth-order valence-electron chi connectivity index (χ4n) is 6.04. The lowest BCUT2D eigenvalue weighted by Crippen LogP contribution is -2.55. The van der Waals surface area contributed by atoms with E-state index in [9.17, 15) is 33.5 Å². The molecular weight excluding hydrogens is 756 g/mol. The standard InChI is InChI=1S/C37H48BrF2N7O6/c1-37(2,3)34(30-16-24(26-17-25(39)10-11-27(26)40)21-46(30)20-23-8-5-4-6-9-23)47(33(51)22-48)15-12-28(45-29(35(42)52)18-31(41)49)36(53)44-14-7-13-43-32(50)19-38/h4-6,8-11,16-17,21,28-29,34,45,48H,7,12-15,18-20,22H2,1-3H3,(H2,41,49)(H2,42,52)(H,43,50)(H,44,53)/t28-,29-,34-/m0/s1. The number of halogens is 3. The lowest BCUT2D eigenvalue weighted by Gasteiger charge is -2.41. The molecule has 0 saturated carbocycles. The Hall–Kier alpha value is -4.67. The molecule has 3 rings (SSSR count). The van der Waals surface area contributed by atoms with Gasteiger partial charge in [-0.15, -0.1) is 0 Å². The summed E-state index contributed by atoms with van der Waals surface area (Å²) in [6, 6.07) is 11.0. The first-order valence-corrected chi connectivity index (χ1v) is 18.2. The van der Waals surface area contributed by atoms with Crippen LogP contribution < -0.4 is 27.4 Å². The summed E-state index contributed by atoms with van der Waals surface area (Å²) in [6.45, 7) is 5.34. The second-order valence-electron chi connectivity index (χ2n) is 13.7. The number of aliphatic hydroxyl groups excluding tert-OH is 1. The first-order chi connectivity index (χ1) is 25.0. The van der Waals surface area contributed by atoms with E-state index in [1.54, 1.807) is 12.3 Å². The zero-order valence-corrected chi connectivity index (χ0v) is 31.6. The summed E-state index contributed by atoms with van der Waals surface area (Å²) in [7, 11) is 0. The number of rotatable bonds is 20. The first kappa shape index (κ1) is 42.7. The molecule has 1 heterocycles. The van der Waals surface area contributed by atoms with Crippen LogP contribution >= 0.6 is 15.9 Å². The van der Waals surface area contributed by atoms with Gasteiger partial charge in [-0.1, -0.05) is 67.0 Å². The fraction of sp³-hybridized carbons (Fsp3) is 0.432. The Morgan fingerprint density at radius 2 is 1.64 bits per heavy atom. The van der Waals surface area contributed by atoms with Gasteiger partial charge in [0.05, 0.1) is 29.9 Å². The maximum atomic E-state index is 15.1. The summed E-state index contributed by atoms with van der Waals surface area (Å²) >= 11 is 3.06. The van der Waals surface area contributed by atoms with Crippen molar-refractivity contribution >= 4 is 45.5 Å². The molecular formula is C37H48BrF2N7O6. The third-order valence-corrected chi connectivity index (χ3v) is 8.96. The number of primary amides is 2. The molecule has 0 aliphatic rings. The predicted molar refractivity (Wildman–Crippen MR) is 199 cm³/mol. The smallest absolute Gasteiger partial charge is 0.248 e. The number of hydrogen-bond acceptors (Lipinski definition) is 7. The predicted octanol–water partition coefficient (Wildman–Crippen LogP) is 2.48. The number of carbonyl (C=O) groups excluding carboxylic acids is 5. The molecule has 0 bridgehead atoms. The van der Waals surface area contributed by atoms with Crippen LogP contribution in [0, 0.1) is 17.0 Å². The number of amides is 5. The van der Waals surface area contributed by atoms with Gasteiger partial charge in [0.2, 0.25) is 29.5 Å². The number of nitrogens with zero attached hydrogens (tertiary/aromatic N) is 2. The van der Waals surface area contributed by atoms with Crippen LogP contribution in [-0.4, -0.2) is 87.8 Å². The molecule has 288 valence electrons. The van der Waals surface area contributed by atoms with E-state index >= 15 is 4.39 Å². The van der Waals surface area contributed by atoms with Gasteiger partial charge in [-0.2, -0.15) is 0 Å². The molecule has 1 aromatic heterocycles. The highest BCUT2D eigenvalue weighted by Crippen LogP contribution is 2.41. The van der Waals surface area contributed by atoms with Gasteiger partial charge in [0, 0.05) is 49.2 Å².